The Hall–Kier alpha value is -2.70. The molecule has 0 spiro atoms. The van der Waals surface area contributed by atoms with E-state index in [-0.39, 0.29) is 11.7 Å². The van der Waals surface area contributed by atoms with E-state index in [1.807, 2.05) is 42.5 Å². The highest BCUT2D eigenvalue weighted by Gasteiger charge is 2.24. The summed E-state index contributed by atoms with van der Waals surface area (Å²) in [4.78, 5) is 19.1. The number of benzene rings is 2. The van der Waals surface area contributed by atoms with Gasteiger partial charge in [-0.3, -0.25) is 9.69 Å². The van der Waals surface area contributed by atoms with E-state index in [4.69, 9.17) is 16.1 Å². The van der Waals surface area contributed by atoms with Gasteiger partial charge in [0.1, 0.15) is 0 Å². The largest absolute Gasteiger partial charge is 0.351 e. The number of anilines is 1. The lowest BCUT2D eigenvalue weighted by Gasteiger charge is -2.18. The summed E-state index contributed by atoms with van der Waals surface area (Å²) in [6.07, 6.45) is 1.45. The molecule has 0 aliphatic rings. The lowest BCUT2D eigenvalue weighted by Crippen LogP contribution is -2.30. The number of halogens is 1. The molecule has 0 N–H and O–H groups in total. The number of aromatic nitrogens is 2. The zero-order chi connectivity index (χ0) is 17.2. The molecule has 25 heavy (non-hydrogen) atoms. The molecule has 2 aromatic carbocycles. The molecule has 4 aromatic rings. The fraction of sp³-hybridized carbons (Fsp3) is 0.0556. The topological polar surface area (TPSA) is 59.2 Å². The van der Waals surface area contributed by atoms with Crippen LogP contribution in [0.1, 0.15) is 16.1 Å². The second-order valence-electron chi connectivity index (χ2n) is 5.36. The van der Waals surface area contributed by atoms with E-state index in [0.717, 1.165) is 15.8 Å². The number of amides is 1. The molecule has 0 saturated carbocycles. The van der Waals surface area contributed by atoms with Gasteiger partial charge in [-0.2, -0.15) is 0 Å². The summed E-state index contributed by atoms with van der Waals surface area (Å²) in [5.41, 5.74) is 1.79. The number of fused-ring (bicyclic) bond motifs is 1. The lowest BCUT2D eigenvalue weighted by atomic mass is 10.2. The molecule has 0 radical (unpaired) electrons. The van der Waals surface area contributed by atoms with Crippen molar-refractivity contribution in [3.63, 3.8) is 0 Å². The summed E-state index contributed by atoms with van der Waals surface area (Å²) in [6.45, 7) is 0.383. The number of thiazole rings is 1. The van der Waals surface area contributed by atoms with Gasteiger partial charge in [-0.05, 0) is 23.8 Å². The molecular weight excluding hydrogens is 358 g/mol. The molecule has 124 valence electrons. The third-order valence-electron chi connectivity index (χ3n) is 3.65. The van der Waals surface area contributed by atoms with Crippen LogP contribution in [-0.2, 0) is 6.54 Å². The number of hydrogen-bond donors (Lipinski definition) is 0. The first-order valence-electron chi connectivity index (χ1n) is 7.53. The molecule has 0 saturated heterocycles. The molecule has 0 unspecified atom stereocenters. The zero-order valence-corrected chi connectivity index (χ0v) is 14.5. The Balaban J connectivity index is 1.76. The molecule has 0 fully saturated rings. The number of nitrogens with zero attached hydrogens (tertiary/aromatic N) is 3. The van der Waals surface area contributed by atoms with Crippen molar-refractivity contribution in [2.75, 3.05) is 4.90 Å². The summed E-state index contributed by atoms with van der Waals surface area (Å²) in [5, 5.41) is 4.85. The van der Waals surface area contributed by atoms with Crippen molar-refractivity contribution >= 4 is 44.2 Å². The predicted molar refractivity (Wildman–Crippen MR) is 98.1 cm³/mol. The molecule has 2 heterocycles. The van der Waals surface area contributed by atoms with E-state index in [9.17, 15) is 4.79 Å². The third kappa shape index (κ3) is 3.26. The SMILES string of the molecule is O=C(c1ccno1)N(Cc1ccccc1)c1nc2ccc(Cl)cc2s1. The van der Waals surface area contributed by atoms with Crippen molar-refractivity contribution in [1.82, 2.24) is 10.1 Å². The van der Waals surface area contributed by atoms with E-state index < -0.39 is 0 Å². The maximum Gasteiger partial charge on any atom is 0.298 e. The summed E-state index contributed by atoms with van der Waals surface area (Å²) in [7, 11) is 0. The summed E-state index contributed by atoms with van der Waals surface area (Å²) in [6, 6.07) is 16.8. The van der Waals surface area contributed by atoms with Crippen molar-refractivity contribution in [2.24, 2.45) is 0 Å². The fourth-order valence-electron chi connectivity index (χ4n) is 2.45. The molecule has 7 heteroatoms. The molecule has 1 amide bonds. The number of carbonyl (C=O) groups excluding carboxylic acids is 1. The van der Waals surface area contributed by atoms with Crippen molar-refractivity contribution in [2.45, 2.75) is 6.54 Å². The normalized spacial score (nSPS) is 10.9. The van der Waals surface area contributed by atoms with Crippen LogP contribution in [-0.4, -0.2) is 16.0 Å². The monoisotopic (exact) mass is 369 g/mol. The van der Waals surface area contributed by atoms with Gasteiger partial charge in [-0.1, -0.05) is 58.4 Å². The summed E-state index contributed by atoms with van der Waals surface area (Å²) < 4.78 is 5.97. The highest BCUT2D eigenvalue weighted by atomic mass is 35.5. The first kappa shape index (κ1) is 15.8. The van der Waals surface area contributed by atoms with E-state index in [2.05, 4.69) is 10.1 Å². The van der Waals surface area contributed by atoms with E-state index in [1.165, 1.54) is 17.5 Å². The van der Waals surface area contributed by atoms with Crippen molar-refractivity contribution < 1.29 is 9.32 Å². The molecule has 0 atom stereocenters. The minimum absolute atomic E-state index is 0.174. The highest BCUT2D eigenvalue weighted by Crippen LogP contribution is 2.32. The van der Waals surface area contributed by atoms with Gasteiger partial charge in [0.25, 0.3) is 5.91 Å². The van der Waals surface area contributed by atoms with Crippen molar-refractivity contribution in [3.05, 3.63) is 77.1 Å². The van der Waals surface area contributed by atoms with Crippen LogP contribution in [0, 0.1) is 0 Å². The van der Waals surface area contributed by atoms with Crippen LogP contribution in [0.5, 0.6) is 0 Å². The van der Waals surface area contributed by atoms with Gasteiger partial charge in [0.15, 0.2) is 5.13 Å². The molecule has 0 aliphatic heterocycles. The molecule has 0 bridgehead atoms. The maximum absolute atomic E-state index is 12.9. The first-order valence-corrected chi connectivity index (χ1v) is 8.73. The Kier molecular flexibility index (Phi) is 4.21. The van der Waals surface area contributed by atoms with Crippen LogP contribution < -0.4 is 4.90 Å². The summed E-state index contributed by atoms with van der Waals surface area (Å²) in [5.74, 6) is -0.111. The van der Waals surface area contributed by atoms with Crippen molar-refractivity contribution in [3.8, 4) is 0 Å². The minimum atomic E-state index is -0.286. The van der Waals surface area contributed by atoms with Crippen molar-refractivity contribution in [1.29, 1.82) is 0 Å². The first-order chi connectivity index (χ1) is 12.2. The number of carbonyl (C=O) groups is 1. The highest BCUT2D eigenvalue weighted by molar-refractivity contribution is 7.22. The minimum Gasteiger partial charge on any atom is -0.351 e. The van der Waals surface area contributed by atoms with Crippen LogP contribution in [0.3, 0.4) is 0 Å². The lowest BCUT2D eigenvalue weighted by molar-refractivity contribution is 0.0949. The van der Waals surface area contributed by atoms with E-state index in [0.29, 0.717) is 16.7 Å². The molecule has 2 aromatic heterocycles. The quantitative estimate of drug-likeness (QED) is 0.519. The Morgan fingerprint density at radius 1 is 1.16 bits per heavy atom. The standard InChI is InChI=1S/C18H12ClN3O2S/c19-13-6-7-14-16(10-13)25-18(21-14)22(11-12-4-2-1-3-5-12)17(23)15-8-9-20-24-15/h1-10H,11H2. The van der Waals surface area contributed by atoms with Gasteiger partial charge in [0.2, 0.25) is 5.76 Å². The average molecular weight is 370 g/mol. The van der Waals surface area contributed by atoms with Crippen LogP contribution in [0.4, 0.5) is 5.13 Å². The molecule has 4 rings (SSSR count). The third-order valence-corrected chi connectivity index (χ3v) is 4.92. The Morgan fingerprint density at radius 3 is 2.76 bits per heavy atom. The average Bonchev–Trinajstić information content (AvgIpc) is 3.29. The zero-order valence-electron chi connectivity index (χ0n) is 12.9. The molecular formula is C18H12ClN3O2S. The van der Waals surface area contributed by atoms with Crippen LogP contribution in [0.15, 0.2) is 65.3 Å². The van der Waals surface area contributed by atoms with Gasteiger partial charge in [-0.25, -0.2) is 4.98 Å². The smallest absolute Gasteiger partial charge is 0.298 e. The fourth-order valence-corrected chi connectivity index (χ4v) is 3.69. The molecule has 5 nitrogen and oxygen atoms in total. The van der Waals surface area contributed by atoms with Crippen LogP contribution >= 0.6 is 22.9 Å². The van der Waals surface area contributed by atoms with E-state index in [1.54, 1.807) is 17.0 Å². The Bertz CT molecular complexity index is 1020. The predicted octanol–water partition coefficient (Wildman–Crippen LogP) is 4.78. The van der Waals surface area contributed by atoms with E-state index >= 15 is 0 Å². The van der Waals surface area contributed by atoms with Crippen LogP contribution in [0.25, 0.3) is 10.2 Å². The second-order valence-corrected chi connectivity index (χ2v) is 6.81. The Morgan fingerprint density at radius 2 is 2.00 bits per heavy atom. The molecule has 0 aliphatic carbocycles. The van der Waals surface area contributed by atoms with Gasteiger partial charge >= 0.3 is 0 Å². The second kappa shape index (κ2) is 6.66. The van der Waals surface area contributed by atoms with Gasteiger partial charge in [0.05, 0.1) is 23.0 Å². The number of rotatable bonds is 4. The number of hydrogen-bond acceptors (Lipinski definition) is 5. The summed E-state index contributed by atoms with van der Waals surface area (Å²) >= 11 is 7.47. The van der Waals surface area contributed by atoms with Gasteiger partial charge < -0.3 is 4.52 Å². The van der Waals surface area contributed by atoms with Gasteiger partial charge in [0, 0.05) is 11.1 Å². The Labute approximate surface area is 152 Å². The van der Waals surface area contributed by atoms with Crippen LogP contribution in [0.2, 0.25) is 5.02 Å². The van der Waals surface area contributed by atoms with Gasteiger partial charge in [-0.15, -0.1) is 0 Å². The maximum atomic E-state index is 12.9.